The van der Waals surface area contributed by atoms with Gasteiger partial charge in [-0.2, -0.15) is 11.3 Å². The predicted octanol–water partition coefficient (Wildman–Crippen LogP) is 1.96. The van der Waals surface area contributed by atoms with Crippen molar-refractivity contribution >= 4 is 11.3 Å². The smallest absolute Gasteiger partial charge is 0.00222 e. The largest absolute Gasteiger partial charge is 0.330 e. The lowest BCUT2D eigenvalue weighted by Gasteiger charge is -2.31. The van der Waals surface area contributed by atoms with Crippen LogP contribution in [0.2, 0.25) is 0 Å². The molecule has 1 atom stereocenters. The summed E-state index contributed by atoms with van der Waals surface area (Å²) in [7, 11) is 0. The second kappa shape index (κ2) is 5.64. The SMILES string of the molecule is NCC1CCCN(CCc2ccsc2)C1. The lowest BCUT2D eigenvalue weighted by Crippen LogP contribution is -2.39. The van der Waals surface area contributed by atoms with Crippen LogP contribution in [-0.2, 0) is 6.42 Å². The molecule has 0 saturated carbocycles. The summed E-state index contributed by atoms with van der Waals surface area (Å²) in [6.07, 6.45) is 3.84. The highest BCUT2D eigenvalue weighted by atomic mass is 32.1. The van der Waals surface area contributed by atoms with Crippen molar-refractivity contribution in [3.63, 3.8) is 0 Å². The molecule has 0 aromatic carbocycles. The second-order valence-electron chi connectivity index (χ2n) is 4.43. The summed E-state index contributed by atoms with van der Waals surface area (Å²) in [5.74, 6) is 0.737. The van der Waals surface area contributed by atoms with Gasteiger partial charge in [-0.3, -0.25) is 0 Å². The number of piperidine rings is 1. The van der Waals surface area contributed by atoms with Gasteiger partial charge in [0.05, 0.1) is 0 Å². The van der Waals surface area contributed by atoms with Crippen molar-refractivity contribution in [3.8, 4) is 0 Å². The van der Waals surface area contributed by atoms with Gasteiger partial charge in [0.2, 0.25) is 0 Å². The first-order valence-electron chi connectivity index (χ1n) is 5.82. The minimum absolute atomic E-state index is 0.737. The molecule has 0 aliphatic carbocycles. The summed E-state index contributed by atoms with van der Waals surface area (Å²) in [4.78, 5) is 2.57. The molecule has 1 aromatic heterocycles. The van der Waals surface area contributed by atoms with E-state index in [-0.39, 0.29) is 0 Å². The molecule has 15 heavy (non-hydrogen) atoms. The van der Waals surface area contributed by atoms with Crippen molar-refractivity contribution in [3.05, 3.63) is 22.4 Å². The summed E-state index contributed by atoms with van der Waals surface area (Å²) in [5, 5.41) is 4.42. The van der Waals surface area contributed by atoms with Gasteiger partial charge in [0.25, 0.3) is 0 Å². The lowest BCUT2D eigenvalue weighted by atomic mass is 9.98. The zero-order valence-corrected chi connectivity index (χ0v) is 10.0. The molecule has 2 N–H and O–H groups in total. The molecule has 2 nitrogen and oxygen atoms in total. The summed E-state index contributed by atoms with van der Waals surface area (Å²) in [5.41, 5.74) is 7.21. The highest BCUT2D eigenvalue weighted by Crippen LogP contribution is 2.16. The Morgan fingerprint density at radius 1 is 1.53 bits per heavy atom. The number of nitrogens with two attached hydrogens (primary N) is 1. The zero-order chi connectivity index (χ0) is 10.5. The van der Waals surface area contributed by atoms with E-state index in [2.05, 4.69) is 21.7 Å². The van der Waals surface area contributed by atoms with Gasteiger partial charge in [0, 0.05) is 13.1 Å². The van der Waals surface area contributed by atoms with Gasteiger partial charge in [-0.25, -0.2) is 0 Å². The number of thiophene rings is 1. The first-order chi connectivity index (χ1) is 7.38. The monoisotopic (exact) mass is 224 g/mol. The lowest BCUT2D eigenvalue weighted by molar-refractivity contribution is 0.180. The minimum Gasteiger partial charge on any atom is -0.330 e. The molecule has 2 rings (SSSR count). The second-order valence-corrected chi connectivity index (χ2v) is 5.21. The van der Waals surface area contributed by atoms with Crippen LogP contribution in [-0.4, -0.2) is 31.1 Å². The molecule has 0 spiro atoms. The van der Waals surface area contributed by atoms with Gasteiger partial charge in [-0.05, 0) is 60.7 Å². The van der Waals surface area contributed by atoms with Crippen molar-refractivity contribution in [2.24, 2.45) is 11.7 Å². The van der Waals surface area contributed by atoms with Crippen LogP contribution in [0.5, 0.6) is 0 Å². The molecule has 1 fully saturated rings. The van der Waals surface area contributed by atoms with Gasteiger partial charge < -0.3 is 10.6 Å². The molecular weight excluding hydrogens is 204 g/mol. The number of likely N-dealkylation sites (tertiary alicyclic amines) is 1. The molecule has 84 valence electrons. The fourth-order valence-corrected chi connectivity index (χ4v) is 2.97. The molecule has 1 aromatic rings. The fraction of sp³-hybridized carbons (Fsp3) is 0.667. The van der Waals surface area contributed by atoms with Crippen molar-refractivity contribution in [1.29, 1.82) is 0 Å². The molecular formula is C12H20N2S. The van der Waals surface area contributed by atoms with Crippen LogP contribution >= 0.6 is 11.3 Å². The van der Waals surface area contributed by atoms with Gasteiger partial charge in [-0.1, -0.05) is 0 Å². The predicted molar refractivity (Wildman–Crippen MR) is 66.2 cm³/mol. The van der Waals surface area contributed by atoms with Crippen molar-refractivity contribution in [2.75, 3.05) is 26.2 Å². The summed E-state index contributed by atoms with van der Waals surface area (Å²) < 4.78 is 0. The van der Waals surface area contributed by atoms with E-state index >= 15 is 0 Å². The highest BCUT2D eigenvalue weighted by molar-refractivity contribution is 7.07. The van der Waals surface area contributed by atoms with Crippen LogP contribution < -0.4 is 5.73 Å². The molecule has 1 unspecified atom stereocenters. The van der Waals surface area contributed by atoms with Gasteiger partial charge in [-0.15, -0.1) is 0 Å². The molecule has 1 aliphatic heterocycles. The van der Waals surface area contributed by atoms with Gasteiger partial charge in [0.15, 0.2) is 0 Å². The van der Waals surface area contributed by atoms with E-state index in [1.807, 2.05) is 0 Å². The van der Waals surface area contributed by atoms with Crippen LogP contribution in [0, 0.1) is 5.92 Å². The third-order valence-corrected chi connectivity index (χ3v) is 3.97. The molecule has 3 heteroatoms. The molecule has 0 amide bonds. The van der Waals surface area contributed by atoms with Crippen molar-refractivity contribution in [2.45, 2.75) is 19.3 Å². The maximum Gasteiger partial charge on any atom is 0.00222 e. The Labute approximate surface area is 96.1 Å². The van der Waals surface area contributed by atoms with Crippen LogP contribution in [0.15, 0.2) is 16.8 Å². The third-order valence-electron chi connectivity index (χ3n) is 3.23. The van der Waals surface area contributed by atoms with E-state index in [9.17, 15) is 0 Å². The molecule has 0 radical (unpaired) electrons. The molecule has 2 heterocycles. The number of nitrogens with zero attached hydrogens (tertiary/aromatic N) is 1. The van der Waals surface area contributed by atoms with Crippen LogP contribution in [0.25, 0.3) is 0 Å². The van der Waals surface area contributed by atoms with Gasteiger partial charge in [0.1, 0.15) is 0 Å². The summed E-state index contributed by atoms with van der Waals surface area (Å²) in [6.45, 7) is 4.53. The van der Waals surface area contributed by atoms with E-state index in [4.69, 9.17) is 5.73 Å². The Kier molecular flexibility index (Phi) is 4.18. The van der Waals surface area contributed by atoms with Crippen LogP contribution in [0.4, 0.5) is 0 Å². The van der Waals surface area contributed by atoms with Gasteiger partial charge >= 0.3 is 0 Å². The standard InChI is InChI=1S/C12H20N2S/c13-8-12-2-1-5-14(9-12)6-3-11-4-7-15-10-11/h4,7,10,12H,1-3,5-6,8-9,13H2. The number of rotatable bonds is 4. The van der Waals surface area contributed by atoms with E-state index in [0.29, 0.717) is 0 Å². The summed E-state index contributed by atoms with van der Waals surface area (Å²) >= 11 is 1.79. The van der Waals surface area contributed by atoms with Crippen molar-refractivity contribution < 1.29 is 0 Å². The van der Waals surface area contributed by atoms with Crippen LogP contribution in [0.3, 0.4) is 0 Å². The number of hydrogen-bond acceptors (Lipinski definition) is 3. The average molecular weight is 224 g/mol. The first-order valence-corrected chi connectivity index (χ1v) is 6.76. The zero-order valence-electron chi connectivity index (χ0n) is 9.19. The Bertz CT molecular complexity index is 271. The van der Waals surface area contributed by atoms with E-state index in [1.54, 1.807) is 11.3 Å². The topological polar surface area (TPSA) is 29.3 Å². The van der Waals surface area contributed by atoms with Crippen LogP contribution in [0.1, 0.15) is 18.4 Å². The van der Waals surface area contributed by atoms with Crippen molar-refractivity contribution in [1.82, 2.24) is 4.90 Å². The normalized spacial score (nSPS) is 23.1. The van der Waals surface area contributed by atoms with E-state index in [0.717, 1.165) is 12.5 Å². The Hall–Kier alpha value is -0.380. The first kappa shape index (κ1) is 11.1. The molecule has 1 saturated heterocycles. The third kappa shape index (κ3) is 3.30. The Morgan fingerprint density at radius 2 is 2.47 bits per heavy atom. The maximum atomic E-state index is 5.73. The number of hydrogen-bond donors (Lipinski definition) is 1. The highest BCUT2D eigenvalue weighted by Gasteiger charge is 2.17. The maximum absolute atomic E-state index is 5.73. The molecule has 0 bridgehead atoms. The quantitative estimate of drug-likeness (QED) is 0.847. The molecule has 1 aliphatic rings. The Balaban J connectivity index is 1.74. The Morgan fingerprint density at radius 3 is 3.20 bits per heavy atom. The van der Waals surface area contributed by atoms with E-state index in [1.165, 1.54) is 44.5 Å². The summed E-state index contributed by atoms with van der Waals surface area (Å²) in [6, 6.07) is 2.23. The minimum atomic E-state index is 0.737. The average Bonchev–Trinajstić information content (AvgIpc) is 2.79. The fourth-order valence-electron chi connectivity index (χ4n) is 2.27. The van der Waals surface area contributed by atoms with E-state index < -0.39 is 0 Å².